The lowest BCUT2D eigenvalue weighted by Gasteiger charge is -2.08. The van der Waals surface area contributed by atoms with Gasteiger partial charge in [0, 0.05) is 5.69 Å². The predicted octanol–water partition coefficient (Wildman–Crippen LogP) is 4.21. The molecule has 0 aliphatic rings. The Labute approximate surface area is 166 Å². The van der Waals surface area contributed by atoms with Crippen LogP contribution < -0.4 is 10.0 Å². The first-order valence-corrected chi connectivity index (χ1v) is 10.7. The zero-order chi connectivity index (χ0) is 20.3. The number of carbonyl (C=O) groups excluding carboxylic acids is 1. The third kappa shape index (κ3) is 4.37. The van der Waals surface area contributed by atoms with Crippen LogP contribution in [-0.2, 0) is 16.4 Å². The molecule has 1 heterocycles. The molecule has 1 aromatic heterocycles. The number of sulfonamides is 1. The van der Waals surface area contributed by atoms with Crippen molar-refractivity contribution in [2.45, 2.75) is 25.2 Å². The number of rotatable bonds is 6. The first-order valence-electron chi connectivity index (χ1n) is 8.45. The molecule has 0 radical (unpaired) electrons. The maximum atomic E-state index is 13.0. The summed E-state index contributed by atoms with van der Waals surface area (Å²) in [6.07, 6.45) is 0.765. The van der Waals surface area contributed by atoms with Crippen LogP contribution in [0.2, 0.25) is 0 Å². The van der Waals surface area contributed by atoms with Crippen LogP contribution in [0.15, 0.2) is 53.4 Å². The molecule has 2 aromatic carbocycles. The summed E-state index contributed by atoms with van der Waals surface area (Å²) in [4.78, 5) is 17.0. The second-order valence-electron chi connectivity index (χ2n) is 5.96. The normalized spacial score (nSPS) is 11.2. The number of para-hydroxylation sites is 1. The highest BCUT2D eigenvalue weighted by molar-refractivity contribution is 7.93. The summed E-state index contributed by atoms with van der Waals surface area (Å²) in [6.45, 7) is 3.62. The van der Waals surface area contributed by atoms with Gasteiger partial charge < -0.3 is 5.32 Å². The molecule has 2 N–H and O–H groups in total. The summed E-state index contributed by atoms with van der Waals surface area (Å²) in [5, 5.41) is 2.91. The molecule has 3 aromatic rings. The Balaban J connectivity index is 1.81. The summed E-state index contributed by atoms with van der Waals surface area (Å²) in [7, 11) is -3.93. The number of anilines is 2. The molecule has 6 nitrogen and oxygen atoms in total. The number of carbonyl (C=O) groups is 1. The molecule has 28 heavy (non-hydrogen) atoms. The van der Waals surface area contributed by atoms with Crippen molar-refractivity contribution in [2.24, 2.45) is 0 Å². The molecule has 0 spiro atoms. The van der Waals surface area contributed by atoms with Gasteiger partial charge in [-0.2, -0.15) is 0 Å². The lowest BCUT2D eigenvalue weighted by molar-refractivity contribution is 0.102. The van der Waals surface area contributed by atoms with E-state index in [1.54, 1.807) is 6.92 Å². The Bertz CT molecular complexity index is 1110. The molecule has 3 rings (SSSR count). The SMILES string of the molecule is CCc1ccccc1NC(=O)c1sc(NS(=O)(=O)c2ccc(F)cc2)nc1C. The number of hydrogen-bond donors (Lipinski definition) is 2. The van der Waals surface area contributed by atoms with Crippen LogP contribution in [0.3, 0.4) is 0 Å². The van der Waals surface area contributed by atoms with Crippen LogP contribution in [0.1, 0.15) is 27.9 Å². The van der Waals surface area contributed by atoms with Crippen LogP contribution in [-0.4, -0.2) is 19.3 Å². The summed E-state index contributed by atoms with van der Waals surface area (Å²) >= 11 is 0.937. The van der Waals surface area contributed by atoms with Crippen LogP contribution in [0.4, 0.5) is 15.2 Å². The van der Waals surface area contributed by atoms with Crippen LogP contribution >= 0.6 is 11.3 Å². The summed E-state index contributed by atoms with van der Waals surface area (Å²) in [5.74, 6) is -0.890. The number of hydrogen-bond acceptors (Lipinski definition) is 5. The highest BCUT2D eigenvalue weighted by Crippen LogP contribution is 2.27. The smallest absolute Gasteiger partial charge is 0.267 e. The molecule has 0 fully saturated rings. The molecule has 0 aliphatic heterocycles. The molecule has 0 bridgehead atoms. The zero-order valence-corrected chi connectivity index (χ0v) is 16.8. The number of aromatic nitrogens is 1. The average Bonchev–Trinajstić information content (AvgIpc) is 3.02. The molecule has 0 unspecified atom stereocenters. The first kappa shape index (κ1) is 20.0. The quantitative estimate of drug-likeness (QED) is 0.627. The topological polar surface area (TPSA) is 88.2 Å². The van der Waals surface area contributed by atoms with Gasteiger partial charge in [0.2, 0.25) is 0 Å². The van der Waals surface area contributed by atoms with E-state index in [2.05, 4.69) is 15.0 Å². The zero-order valence-electron chi connectivity index (χ0n) is 15.2. The van der Waals surface area contributed by atoms with Gasteiger partial charge in [-0.1, -0.05) is 36.5 Å². The molecule has 0 atom stereocenters. The van der Waals surface area contributed by atoms with E-state index < -0.39 is 15.8 Å². The second-order valence-corrected chi connectivity index (χ2v) is 8.64. The average molecular weight is 420 g/mol. The number of amides is 1. The number of thiazole rings is 1. The molecule has 0 saturated carbocycles. The van der Waals surface area contributed by atoms with E-state index in [4.69, 9.17) is 0 Å². The minimum Gasteiger partial charge on any atom is -0.321 e. The van der Waals surface area contributed by atoms with Gasteiger partial charge in [0.25, 0.3) is 15.9 Å². The van der Waals surface area contributed by atoms with Gasteiger partial charge >= 0.3 is 0 Å². The Morgan fingerprint density at radius 2 is 1.82 bits per heavy atom. The van der Waals surface area contributed by atoms with Gasteiger partial charge in [0.05, 0.1) is 10.6 Å². The minimum absolute atomic E-state index is 0.0655. The fraction of sp³-hybridized carbons (Fsp3) is 0.158. The van der Waals surface area contributed by atoms with Crippen molar-refractivity contribution in [3.05, 3.63) is 70.5 Å². The molecule has 0 aliphatic carbocycles. The lowest BCUT2D eigenvalue weighted by Crippen LogP contribution is -2.13. The summed E-state index contributed by atoms with van der Waals surface area (Å²) in [5.41, 5.74) is 2.11. The highest BCUT2D eigenvalue weighted by Gasteiger charge is 2.21. The van der Waals surface area contributed by atoms with Crippen molar-refractivity contribution >= 4 is 38.1 Å². The number of nitrogens with zero attached hydrogens (tertiary/aromatic N) is 1. The number of nitrogens with one attached hydrogen (secondary N) is 2. The van der Waals surface area contributed by atoms with E-state index in [9.17, 15) is 17.6 Å². The fourth-order valence-corrected chi connectivity index (χ4v) is 4.66. The van der Waals surface area contributed by atoms with E-state index in [1.807, 2.05) is 31.2 Å². The highest BCUT2D eigenvalue weighted by atomic mass is 32.2. The van der Waals surface area contributed by atoms with Gasteiger partial charge in [0.1, 0.15) is 10.7 Å². The van der Waals surface area contributed by atoms with Crippen LogP contribution in [0, 0.1) is 12.7 Å². The van der Waals surface area contributed by atoms with E-state index in [1.165, 1.54) is 0 Å². The third-order valence-electron chi connectivity index (χ3n) is 3.99. The largest absolute Gasteiger partial charge is 0.321 e. The Morgan fingerprint density at radius 1 is 1.14 bits per heavy atom. The van der Waals surface area contributed by atoms with E-state index in [0.29, 0.717) is 16.3 Å². The fourth-order valence-electron chi connectivity index (χ4n) is 2.57. The summed E-state index contributed by atoms with van der Waals surface area (Å²) < 4.78 is 40.2. The molecule has 9 heteroatoms. The van der Waals surface area contributed by atoms with E-state index in [-0.39, 0.29) is 15.9 Å². The number of benzene rings is 2. The van der Waals surface area contributed by atoms with E-state index >= 15 is 0 Å². The molecule has 1 amide bonds. The second kappa shape index (κ2) is 8.07. The third-order valence-corrected chi connectivity index (χ3v) is 6.55. The van der Waals surface area contributed by atoms with Crippen molar-refractivity contribution in [1.29, 1.82) is 0 Å². The predicted molar refractivity (Wildman–Crippen MR) is 108 cm³/mol. The van der Waals surface area contributed by atoms with Crippen LogP contribution in [0.5, 0.6) is 0 Å². The molecular weight excluding hydrogens is 401 g/mol. The Kier molecular flexibility index (Phi) is 5.76. The minimum atomic E-state index is -3.93. The van der Waals surface area contributed by atoms with Crippen LogP contribution in [0.25, 0.3) is 0 Å². The lowest BCUT2D eigenvalue weighted by atomic mass is 10.1. The monoisotopic (exact) mass is 419 g/mol. The molecule has 146 valence electrons. The maximum Gasteiger partial charge on any atom is 0.267 e. The van der Waals surface area contributed by atoms with Gasteiger partial charge in [-0.05, 0) is 49.2 Å². The standard InChI is InChI=1S/C19H18FN3O3S2/c1-3-13-6-4-5-7-16(13)22-18(24)17-12(2)21-19(27-17)23-28(25,26)15-10-8-14(20)9-11-15/h4-11H,3H2,1-2H3,(H,21,23)(H,22,24). The van der Waals surface area contributed by atoms with Crippen molar-refractivity contribution < 1.29 is 17.6 Å². The van der Waals surface area contributed by atoms with Crippen molar-refractivity contribution in [3.8, 4) is 0 Å². The molecule has 0 saturated heterocycles. The van der Waals surface area contributed by atoms with E-state index in [0.717, 1.165) is 47.6 Å². The number of halogens is 1. The Hall–Kier alpha value is -2.78. The van der Waals surface area contributed by atoms with Crippen molar-refractivity contribution in [1.82, 2.24) is 4.98 Å². The van der Waals surface area contributed by atoms with Gasteiger partial charge in [-0.25, -0.2) is 17.8 Å². The van der Waals surface area contributed by atoms with Gasteiger partial charge in [0.15, 0.2) is 5.13 Å². The first-order chi connectivity index (χ1) is 13.3. The summed E-state index contributed by atoms with van der Waals surface area (Å²) in [6, 6.07) is 11.9. The Morgan fingerprint density at radius 3 is 2.50 bits per heavy atom. The van der Waals surface area contributed by atoms with Gasteiger partial charge in [-0.15, -0.1) is 0 Å². The number of aryl methyl sites for hydroxylation is 2. The van der Waals surface area contributed by atoms with Crippen molar-refractivity contribution in [3.63, 3.8) is 0 Å². The maximum absolute atomic E-state index is 13.0. The van der Waals surface area contributed by atoms with Gasteiger partial charge in [-0.3, -0.25) is 9.52 Å². The van der Waals surface area contributed by atoms with Crippen molar-refractivity contribution in [2.75, 3.05) is 10.0 Å². The molecular formula is C19H18FN3O3S2.